The summed E-state index contributed by atoms with van der Waals surface area (Å²) in [6, 6.07) is 28.7. The fourth-order valence-electron chi connectivity index (χ4n) is 2.17. The fourth-order valence-corrected chi connectivity index (χ4v) is 2.17. The van der Waals surface area contributed by atoms with Crippen molar-refractivity contribution in [3.63, 3.8) is 0 Å². The van der Waals surface area contributed by atoms with E-state index in [1.165, 1.54) is 0 Å². The Morgan fingerprint density at radius 3 is 1.91 bits per heavy atom. The van der Waals surface area contributed by atoms with Crippen LogP contribution in [0, 0.1) is 11.3 Å². The minimum atomic E-state index is -1.19. The van der Waals surface area contributed by atoms with Crippen LogP contribution in [0.3, 0.4) is 0 Å². The van der Waals surface area contributed by atoms with Crippen molar-refractivity contribution < 1.29 is 24.9 Å². The molecule has 3 rings (SSSR count). The van der Waals surface area contributed by atoms with Crippen LogP contribution in [0.2, 0.25) is 0 Å². The molecule has 2 nitrogen and oxygen atoms in total. The molecule has 118 valence electrons. The Morgan fingerprint density at radius 2 is 1.45 bits per heavy atom. The van der Waals surface area contributed by atoms with Gasteiger partial charge in [-0.25, -0.2) is 12.1 Å². The van der Waals surface area contributed by atoms with Crippen LogP contribution in [0.25, 0.3) is 0 Å². The minimum absolute atomic E-state index is 0. The molecule has 1 N–H and O–H groups in total. The van der Waals surface area contributed by atoms with Gasteiger partial charge in [-0.05, 0) is 5.56 Å². The number of hydrogen-bond acceptors (Lipinski definition) is 2. The van der Waals surface area contributed by atoms with Gasteiger partial charge in [-0.2, -0.15) is 17.4 Å². The summed E-state index contributed by atoms with van der Waals surface area (Å²) >= 11 is 0. The Kier molecular flexibility index (Phi) is 7.48. The maximum absolute atomic E-state index is 10.6. The first-order valence-corrected chi connectivity index (χ1v) is 6.81. The Bertz CT molecular complexity index is 636. The number of nitrogens with zero attached hydrogens (tertiary/aromatic N) is 1. The third kappa shape index (κ3) is 4.50. The quantitative estimate of drug-likeness (QED) is 0.595. The standard InChI is InChI=1S/C14H12NO.C5H5.Os/c15-11-10-14(16,13-8-4-5-9-13)12-6-2-1-3-7-12;1-2-4-5-3-1;/h1-9,16H,10H2;1-5H;/q-1;-5;. The van der Waals surface area contributed by atoms with Crippen LogP contribution in [-0.2, 0) is 25.4 Å². The molecule has 0 radical (unpaired) electrons. The number of hydrogen-bond donors (Lipinski definition) is 1. The van der Waals surface area contributed by atoms with Crippen molar-refractivity contribution in [2.45, 2.75) is 12.0 Å². The molecule has 3 aromatic rings. The molecule has 0 aromatic heterocycles. The van der Waals surface area contributed by atoms with E-state index in [-0.39, 0.29) is 26.2 Å². The van der Waals surface area contributed by atoms with Gasteiger partial charge in [0.15, 0.2) is 0 Å². The zero-order valence-electron chi connectivity index (χ0n) is 12.0. The second kappa shape index (κ2) is 9.11. The second-order valence-corrected chi connectivity index (χ2v) is 4.70. The van der Waals surface area contributed by atoms with E-state index in [1.54, 1.807) is 0 Å². The van der Waals surface area contributed by atoms with Gasteiger partial charge in [-0.15, -0.1) is 5.56 Å². The third-order valence-corrected chi connectivity index (χ3v) is 3.28. The molecule has 3 heteroatoms. The van der Waals surface area contributed by atoms with Crippen molar-refractivity contribution in [3.05, 3.63) is 96.1 Å². The van der Waals surface area contributed by atoms with E-state index in [2.05, 4.69) is 0 Å². The minimum Gasteiger partial charge on any atom is -0.748 e. The first-order valence-electron chi connectivity index (χ1n) is 6.81. The molecule has 0 heterocycles. The Balaban J connectivity index is 0.000000344. The summed E-state index contributed by atoms with van der Waals surface area (Å²) in [5, 5.41) is 19.5. The van der Waals surface area contributed by atoms with Crippen LogP contribution < -0.4 is 0 Å². The van der Waals surface area contributed by atoms with Crippen LogP contribution in [0.5, 0.6) is 0 Å². The molecule has 0 aliphatic carbocycles. The van der Waals surface area contributed by atoms with Crippen molar-refractivity contribution in [1.82, 2.24) is 0 Å². The molecule has 0 saturated carbocycles. The predicted octanol–water partition coefficient (Wildman–Crippen LogP) is 3.96. The van der Waals surface area contributed by atoms with E-state index in [0.29, 0.717) is 0 Å². The number of nitriles is 1. The van der Waals surface area contributed by atoms with Crippen molar-refractivity contribution in [1.29, 1.82) is 5.26 Å². The van der Waals surface area contributed by atoms with Gasteiger partial charge in [0.25, 0.3) is 0 Å². The zero-order chi connectivity index (χ0) is 15.0. The second-order valence-electron chi connectivity index (χ2n) is 4.70. The molecule has 0 spiro atoms. The number of rotatable bonds is 3. The van der Waals surface area contributed by atoms with Gasteiger partial charge in [0, 0.05) is 19.8 Å². The van der Waals surface area contributed by atoms with Crippen LogP contribution >= 0.6 is 0 Å². The molecule has 22 heavy (non-hydrogen) atoms. The maximum atomic E-state index is 10.6. The summed E-state index contributed by atoms with van der Waals surface area (Å²) in [7, 11) is 0. The van der Waals surface area contributed by atoms with E-state index < -0.39 is 5.60 Å². The van der Waals surface area contributed by atoms with Crippen molar-refractivity contribution in [3.8, 4) is 6.07 Å². The van der Waals surface area contributed by atoms with Crippen molar-refractivity contribution >= 4 is 0 Å². The van der Waals surface area contributed by atoms with E-state index in [0.717, 1.165) is 11.1 Å². The molecular formula is C19H17NOOs-6. The predicted molar refractivity (Wildman–Crippen MR) is 83.7 cm³/mol. The van der Waals surface area contributed by atoms with Crippen LogP contribution in [0.15, 0.2) is 84.9 Å². The van der Waals surface area contributed by atoms with E-state index >= 15 is 0 Å². The average Bonchev–Trinajstić information content (AvgIpc) is 3.24. The average molecular weight is 466 g/mol. The van der Waals surface area contributed by atoms with Gasteiger partial charge in [0.2, 0.25) is 0 Å². The maximum Gasteiger partial charge on any atom is 0.0841 e. The molecule has 1 atom stereocenters. The Labute approximate surface area is 144 Å². The van der Waals surface area contributed by atoms with Gasteiger partial charge >= 0.3 is 0 Å². The topological polar surface area (TPSA) is 44.0 Å². The summed E-state index contributed by atoms with van der Waals surface area (Å²) < 4.78 is 0. The summed E-state index contributed by atoms with van der Waals surface area (Å²) in [4.78, 5) is 0. The smallest absolute Gasteiger partial charge is 0.0841 e. The molecule has 0 aliphatic heterocycles. The zero-order valence-corrected chi connectivity index (χ0v) is 14.6. The van der Waals surface area contributed by atoms with Crippen LogP contribution in [-0.4, -0.2) is 5.11 Å². The fraction of sp³-hybridized carbons (Fsp3) is 0.105. The monoisotopic (exact) mass is 467 g/mol. The first-order chi connectivity index (χ1) is 10.3. The SMILES string of the molecule is N#CCC(O)(c1ccccc1)[c-]1cccc1.[Os].[cH-]1[cH-][cH-][cH-][cH-]1. The summed E-state index contributed by atoms with van der Waals surface area (Å²) in [6.07, 6.45) is 0.0566. The first kappa shape index (κ1) is 18.1. The number of benzene rings is 1. The summed E-state index contributed by atoms with van der Waals surface area (Å²) in [5.74, 6) is 0. The van der Waals surface area contributed by atoms with E-state index in [4.69, 9.17) is 5.26 Å². The molecule has 0 fully saturated rings. The molecule has 3 aromatic carbocycles. The van der Waals surface area contributed by atoms with Gasteiger partial charge in [-0.3, -0.25) is 0 Å². The van der Waals surface area contributed by atoms with Gasteiger partial charge < -0.3 is 35.4 Å². The van der Waals surface area contributed by atoms with E-state index in [1.807, 2.05) is 91.0 Å². The molecule has 0 amide bonds. The van der Waals surface area contributed by atoms with Crippen LogP contribution in [0.1, 0.15) is 17.5 Å². The Morgan fingerprint density at radius 1 is 0.955 bits per heavy atom. The Hall–Kier alpha value is -1.99. The van der Waals surface area contributed by atoms with E-state index in [9.17, 15) is 5.11 Å². The largest absolute Gasteiger partial charge is 0.748 e. The molecular weight excluding hydrogens is 448 g/mol. The normalized spacial score (nSPS) is 12.0. The molecule has 0 aliphatic rings. The van der Waals surface area contributed by atoms with Gasteiger partial charge in [-0.1, -0.05) is 30.3 Å². The van der Waals surface area contributed by atoms with Crippen molar-refractivity contribution in [2.75, 3.05) is 0 Å². The van der Waals surface area contributed by atoms with Crippen LogP contribution in [0.4, 0.5) is 0 Å². The summed E-state index contributed by atoms with van der Waals surface area (Å²) in [5.41, 5.74) is 0.322. The van der Waals surface area contributed by atoms with Crippen molar-refractivity contribution in [2.24, 2.45) is 0 Å². The number of aliphatic hydroxyl groups is 1. The molecule has 1 unspecified atom stereocenters. The van der Waals surface area contributed by atoms with Gasteiger partial charge in [0.05, 0.1) is 18.1 Å². The molecule has 0 bridgehead atoms. The third-order valence-electron chi connectivity index (χ3n) is 3.28. The molecule has 0 saturated heterocycles. The van der Waals surface area contributed by atoms with Gasteiger partial charge in [0.1, 0.15) is 0 Å². The summed E-state index contributed by atoms with van der Waals surface area (Å²) in [6.45, 7) is 0.